The van der Waals surface area contributed by atoms with E-state index in [1.165, 1.54) is 25.1 Å². The minimum absolute atomic E-state index is 0.0894. The summed E-state index contributed by atoms with van der Waals surface area (Å²) in [5, 5.41) is 6.69. The number of carbonyl (C=O) groups is 2. The van der Waals surface area contributed by atoms with Gasteiger partial charge in [-0.25, -0.2) is 0 Å². The average molecular weight is 417 g/mol. The van der Waals surface area contributed by atoms with Crippen molar-refractivity contribution in [3.05, 3.63) is 53.1 Å². The van der Waals surface area contributed by atoms with Crippen molar-refractivity contribution in [2.75, 3.05) is 5.32 Å². The van der Waals surface area contributed by atoms with Crippen molar-refractivity contribution in [1.29, 1.82) is 0 Å². The number of amides is 2. The number of halogens is 1. The van der Waals surface area contributed by atoms with Gasteiger partial charge in [-0.3, -0.25) is 9.59 Å². The summed E-state index contributed by atoms with van der Waals surface area (Å²) in [5.74, 6) is 0.233. The maximum absolute atomic E-state index is 12.8. The van der Waals surface area contributed by atoms with Gasteiger partial charge in [0.15, 0.2) is 0 Å². The van der Waals surface area contributed by atoms with Gasteiger partial charge in [0.1, 0.15) is 0 Å². The van der Waals surface area contributed by atoms with Crippen LogP contribution in [-0.2, 0) is 4.79 Å². The largest absolute Gasteiger partial charge is 0.349 e. The summed E-state index contributed by atoms with van der Waals surface area (Å²) in [4.78, 5) is 26.3. The Labute approximate surface area is 175 Å². The Kier molecular flexibility index (Phi) is 7.03. The van der Waals surface area contributed by atoms with Crippen molar-refractivity contribution < 1.29 is 9.59 Å². The highest BCUT2D eigenvalue weighted by Crippen LogP contribution is 2.35. The molecule has 1 aliphatic rings. The monoisotopic (exact) mass is 416 g/mol. The van der Waals surface area contributed by atoms with Crippen molar-refractivity contribution in [2.24, 2.45) is 5.92 Å². The average Bonchev–Trinajstić information content (AvgIpc) is 2.66. The lowest BCUT2D eigenvalue weighted by atomic mass is 9.86. The molecule has 2 aromatic rings. The van der Waals surface area contributed by atoms with Crippen LogP contribution in [0.2, 0.25) is 5.02 Å². The van der Waals surface area contributed by atoms with Gasteiger partial charge in [-0.15, -0.1) is 0 Å². The molecule has 0 saturated heterocycles. The summed E-state index contributed by atoms with van der Waals surface area (Å²) in [7, 11) is 0. The molecule has 6 heteroatoms. The first-order chi connectivity index (χ1) is 13.4. The smallest absolute Gasteiger partial charge is 0.251 e. The van der Waals surface area contributed by atoms with Crippen LogP contribution >= 0.6 is 23.4 Å². The SMILES string of the molecule is CC(=O)Nc1cc(C(=O)N[C@H]2CCCC[C@@H]2C)ccc1Sc1ccc(Cl)cc1. The molecule has 1 aliphatic carbocycles. The van der Waals surface area contributed by atoms with E-state index in [2.05, 4.69) is 17.6 Å². The van der Waals surface area contributed by atoms with E-state index < -0.39 is 0 Å². The van der Waals surface area contributed by atoms with Gasteiger partial charge in [0.05, 0.1) is 5.69 Å². The predicted octanol–water partition coefficient (Wildman–Crippen LogP) is 5.76. The van der Waals surface area contributed by atoms with Crippen LogP contribution < -0.4 is 10.6 Å². The number of rotatable bonds is 5. The van der Waals surface area contributed by atoms with Crippen molar-refractivity contribution in [2.45, 2.75) is 55.4 Å². The maximum atomic E-state index is 12.8. The highest BCUT2D eigenvalue weighted by atomic mass is 35.5. The second kappa shape index (κ2) is 9.48. The molecule has 1 saturated carbocycles. The molecule has 2 atom stereocenters. The molecule has 3 rings (SSSR count). The zero-order valence-electron chi connectivity index (χ0n) is 16.1. The molecule has 0 heterocycles. The van der Waals surface area contributed by atoms with Crippen molar-refractivity contribution in [3.63, 3.8) is 0 Å². The first-order valence-electron chi connectivity index (χ1n) is 9.58. The highest BCUT2D eigenvalue weighted by molar-refractivity contribution is 7.99. The van der Waals surface area contributed by atoms with E-state index in [0.717, 1.165) is 29.1 Å². The van der Waals surface area contributed by atoms with Gasteiger partial charge in [0.2, 0.25) is 5.91 Å². The first kappa shape index (κ1) is 20.7. The zero-order chi connectivity index (χ0) is 20.1. The Morgan fingerprint density at radius 2 is 1.79 bits per heavy atom. The fourth-order valence-corrected chi connectivity index (χ4v) is 4.47. The standard InChI is InChI=1S/C22H25ClN2O2S/c1-14-5-3-4-6-19(14)25-22(27)16-7-12-21(20(13-16)24-15(2)26)28-18-10-8-17(23)9-11-18/h7-14,19H,3-6H2,1-2H3,(H,24,26)(H,25,27)/t14-,19-/m0/s1. The molecular weight excluding hydrogens is 392 g/mol. The Morgan fingerprint density at radius 3 is 2.46 bits per heavy atom. The molecule has 148 valence electrons. The summed E-state index contributed by atoms with van der Waals surface area (Å²) >= 11 is 7.47. The molecular formula is C22H25ClN2O2S. The number of hydrogen-bond acceptors (Lipinski definition) is 3. The Hall–Kier alpha value is -1.98. The predicted molar refractivity (Wildman–Crippen MR) is 115 cm³/mol. The van der Waals surface area contributed by atoms with Gasteiger partial charge < -0.3 is 10.6 Å². The van der Waals surface area contributed by atoms with Gasteiger partial charge in [-0.2, -0.15) is 0 Å². The third kappa shape index (κ3) is 5.52. The molecule has 4 nitrogen and oxygen atoms in total. The van der Waals surface area contributed by atoms with Crippen LogP contribution in [0.3, 0.4) is 0 Å². The molecule has 1 fully saturated rings. The van der Waals surface area contributed by atoms with E-state index in [-0.39, 0.29) is 17.9 Å². The van der Waals surface area contributed by atoms with E-state index in [9.17, 15) is 9.59 Å². The van der Waals surface area contributed by atoms with E-state index in [1.807, 2.05) is 36.4 Å². The number of nitrogens with one attached hydrogen (secondary N) is 2. The molecule has 0 bridgehead atoms. The highest BCUT2D eigenvalue weighted by Gasteiger charge is 2.23. The van der Waals surface area contributed by atoms with Crippen LogP contribution in [-0.4, -0.2) is 17.9 Å². The van der Waals surface area contributed by atoms with Crippen LogP contribution in [0, 0.1) is 5.92 Å². The molecule has 0 unspecified atom stereocenters. The summed E-state index contributed by atoms with van der Waals surface area (Å²) in [6.07, 6.45) is 4.56. The Bertz CT molecular complexity index is 854. The minimum atomic E-state index is -0.170. The number of hydrogen-bond donors (Lipinski definition) is 2. The lowest BCUT2D eigenvalue weighted by Crippen LogP contribution is -2.41. The Balaban J connectivity index is 1.79. The van der Waals surface area contributed by atoms with Gasteiger partial charge >= 0.3 is 0 Å². The van der Waals surface area contributed by atoms with Crippen LogP contribution in [0.1, 0.15) is 49.9 Å². The molecule has 28 heavy (non-hydrogen) atoms. The lowest BCUT2D eigenvalue weighted by Gasteiger charge is -2.29. The van der Waals surface area contributed by atoms with Crippen LogP contribution in [0.4, 0.5) is 5.69 Å². The summed E-state index contributed by atoms with van der Waals surface area (Å²) in [6.45, 7) is 3.66. The number of anilines is 1. The molecule has 0 aliphatic heterocycles. The molecule has 0 spiro atoms. The number of benzene rings is 2. The summed E-state index contributed by atoms with van der Waals surface area (Å²) in [5.41, 5.74) is 1.19. The van der Waals surface area contributed by atoms with Crippen LogP contribution in [0.25, 0.3) is 0 Å². The van der Waals surface area contributed by atoms with Crippen molar-refractivity contribution in [3.8, 4) is 0 Å². The second-order valence-corrected chi connectivity index (χ2v) is 8.84. The van der Waals surface area contributed by atoms with Crippen molar-refractivity contribution >= 4 is 40.9 Å². The zero-order valence-corrected chi connectivity index (χ0v) is 17.7. The van der Waals surface area contributed by atoms with E-state index in [1.54, 1.807) is 6.07 Å². The maximum Gasteiger partial charge on any atom is 0.251 e. The van der Waals surface area contributed by atoms with Crippen LogP contribution in [0.5, 0.6) is 0 Å². The number of carbonyl (C=O) groups excluding carboxylic acids is 2. The van der Waals surface area contributed by atoms with Gasteiger partial charge in [-0.05, 0) is 61.2 Å². The molecule has 2 N–H and O–H groups in total. The van der Waals surface area contributed by atoms with E-state index in [0.29, 0.717) is 22.2 Å². The summed E-state index contributed by atoms with van der Waals surface area (Å²) < 4.78 is 0. The normalized spacial score (nSPS) is 19.1. The third-order valence-corrected chi connectivity index (χ3v) is 6.36. The molecule has 0 radical (unpaired) electrons. The van der Waals surface area contributed by atoms with E-state index in [4.69, 9.17) is 11.6 Å². The minimum Gasteiger partial charge on any atom is -0.349 e. The molecule has 2 amide bonds. The first-order valence-corrected chi connectivity index (χ1v) is 10.8. The molecule has 2 aromatic carbocycles. The van der Waals surface area contributed by atoms with E-state index >= 15 is 0 Å². The summed E-state index contributed by atoms with van der Waals surface area (Å²) in [6, 6.07) is 13.2. The van der Waals surface area contributed by atoms with Crippen LogP contribution in [0.15, 0.2) is 52.3 Å². The molecule has 0 aromatic heterocycles. The van der Waals surface area contributed by atoms with Crippen molar-refractivity contribution in [1.82, 2.24) is 5.32 Å². The lowest BCUT2D eigenvalue weighted by molar-refractivity contribution is -0.114. The van der Waals surface area contributed by atoms with Gasteiger partial charge in [-0.1, -0.05) is 43.1 Å². The second-order valence-electron chi connectivity index (χ2n) is 7.29. The fourth-order valence-electron chi connectivity index (χ4n) is 3.46. The van der Waals surface area contributed by atoms with Gasteiger partial charge in [0, 0.05) is 33.3 Å². The topological polar surface area (TPSA) is 58.2 Å². The quantitative estimate of drug-likeness (QED) is 0.651. The van der Waals surface area contributed by atoms with Gasteiger partial charge in [0.25, 0.3) is 5.91 Å². The third-order valence-electron chi connectivity index (χ3n) is 5.02. The Morgan fingerprint density at radius 1 is 1.07 bits per heavy atom. The fraction of sp³-hybridized carbons (Fsp3) is 0.364.